The Morgan fingerprint density at radius 2 is 1.51 bits per heavy atom. The van der Waals surface area contributed by atoms with Crippen LogP contribution in [0.25, 0.3) is 17.3 Å². The molecule has 0 radical (unpaired) electrons. The van der Waals surface area contributed by atoms with Crippen LogP contribution < -0.4 is 18.9 Å². The van der Waals surface area contributed by atoms with Crippen molar-refractivity contribution >= 4 is 23.3 Å². The smallest absolute Gasteiger partial charge is 0.227 e. The van der Waals surface area contributed by atoms with Crippen molar-refractivity contribution in [3.05, 3.63) is 88.5 Å². The molecule has 0 unspecified atom stereocenters. The molecular weight excluding hydrogens is 466 g/mol. The average molecular weight is 500 g/mol. The van der Waals surface area contributed by atoms with E-state index >= 15 is 0 Å². The predicted octanol–water partition coefficient (Wildman–Crippen LogP) is 6.45. The molecule has 0 atom stereocenters. The third-order valence-electron chi connectivity index (χ3n) is 6.59. The Kier molecular flexibility index (Phi) is 7.87. The van der Waals surface area contributed by atoms with Gasteiger partial charge in [-0.2, -0.15) is 0 Å². The average Bonchev–Trinajstić information content (AvgIpc) is 3.20. The summed E-state index contributed by atoms with van der Waals surface area (Å²) in [6.07, 6.45) is 2.49. The highest BCUT2D eigenvalue weighted by molar-refractivity contribution is 6.07. The molecule has 3 aromatic rings. The molecule has 0 aliphatic heterocycles. The van der Waals surface area contributed by atoms with Crippen LogP contribution in [0.2, 0.25) is 0 Å². The minimum Gasteiger partial charge on any atom is -0.497 e. The molecule has 37 heavy (non-hydrogen) atoms. The maximum Gasteiger partial charge on any atom is 0.227 e. The molecule has 0 bridgehead atoms. The molecule has 3 aromatic carbocycles. The number of methoxy groups -OCH3 is 4. The van der Waals surface area contributed by atoms with E-state index in [1.807, 2.05) is 72.5 Å². The lowest BCUT2D eigenvalue weighted by molar-refractivity contribution is -0.128. The number of allylic oxidation sites excluding steroid dienone is 2. The third kappa shape index (κ3) is 5.05. The lowest BCUT2D eigenvalue weighted by Gasteiger charge is -2.25. The Bertz CT molecular complexity index is 1330. The SMILES string of the molecule is CCC(=O)N(Cc1ccccc1)C1=C(C)C(=Cc2cc(OC)c(OC)c(OC)c2)c2ccc(OC)cc21. The number of rotatable bonds is 9. The van der Waals surface area contributed by atoms with Gasteiger partial charge in [0, 0.05) is 12.0 Å². The molecule has 1 amide bonds. The molecule has 0 heterocycles. The van der Waals surface area contributed by atoms with Gasteiger partial charge in [0.05, 0.1) is 40.7 Å². The topological polar surface area (TPSA) is 57.2 Å². The van der Waals surface area contributed by atoms with Crippen molar-refractivity contribution in [2.24, 2.45) is 0 Å². The van der Waals surface area contributed by atoms with Crippen LogP contribution in [0, 0.1) is 0 Å². The first kappa shape index (κ1) is 25.9. The quantitative estimate of drug-likeness (QED) is 0.339. The van der Waals surface area contributed by atoms with Gasteiger partial charge >= 0.3 is 0 Å². The second-order valence-corrected chi connectivity index (χ2v) is 8.72. The Labute approximate surface area is 218 Å². The van der Waals surface area contributed by atoms with Gasteiger partial charge in [0.25, 0.3) is 0 Å². The maximum absolute atomic E-state index is 13.3. The predicted molar refractivity (Wildman–Crippen MR) is 147 cm³/mol. The third-order valence-corrected chi connectivity index (χ3v) is 6.59. The fourth-order valence-corrected chi connectivity index (χ4v) is 4.75. The molecule has 0 aromatic heterocycles. The fraction of sp³-hybridized carbons (Fsp3) is 0.258. The number of ether oxygens (including phenoxy) is 4. The highest BCUT2D eigenvalue weighted by Crippen LogP contribution is 2.46. The largest absolute Gasteiger partial charge is 0.497 e. The Hall–Kier alpha value is -4.19. The molecule has 0 N–H and O–H groups in total. The lowest BCUT2D eigenvalue weighted by atomic mass is 10.00. The molecule has 0 saturated carbocycles. The molecule has 6 nitrogen and oxygen atoms in total. The summed E-state index contributed by atoms with van der Waals surface area (Å²) >= 11 is 0. The molecule has 1 aliphatic carbocycles. The van der Waals surface area contributed by atoms with Gasteiger partial charge < -0.3 is 23.8 Å². The van der Waals surface area contributed by atoms with Crippen molar-refractivity contribution < 1.29 is 23.7 Å². The second kappa shape index (κ2) is 11.2. The fourth-order valence-electron chi connectivity index (χ4n) is 4.75. The summed E-state index contributed by atoms with van der Waals surface area (Å²) < 4.78 is 22.2. The molecule has 6 heteroatoms. The van der Waals surface area contributed by atoms with Crippen LogP contribution in [0.3, 0.4) is 0 Å². The van der Waals surface area contributed by atoms with Crippen molar-refractivity contribution in [1.82, 2.24) is 4.90 Å². The van der Waals surface area contributed by atoms with E-state index in [-0.39, 0.29) is 5.91 Å². The first-order valence-corrected chi connectivity index (χ1v) is 12.2. The van der Waals surface area contributed by atoms with Crippen molar-refractivity contribution in [3.8, 4) is 23.0 Å². The van der Waals surface area contributed by atoms with Gasteiger partial charge in [-0.3, -0.25) is 4.79 Å². The molecular formula is C31H33NO5. The van der Waals surface area contributed by atoms with Crippen LogP contribution in [0.4, 0.5) is 0 Å². The summed E-state index contributed by atoms with van der Waals surface area (Å²) in [6.45, 7) is 4.44. The number of nitrogens with zero attached hydrogens (tertiary/aromatic N) is 1. The van der Waals surface area contributed by atoms with Crippen LogP contribution in [0.1, 0.15) is 42.5 Å². The first-order chi connectivity index (χ1) is 17.9. The number of carbonyl (C=O) groups excluding carboxylic acids is 1. The zero-order chi connectivity index (χ0) is 26.5. The number of fused-ring (bicyclic) bond motifs is 1. The highest BCUT2D eigenvalue weighted by Gasteiger charge is 2.31. The highest BCUT2D eigenvalue weighted by atomic mass is 16.5. The summed E-state index contributed by atoms with van der Waals surface area (Å²) in [5.41, 5.74) is 6.87. The van der Waals surface area contributed by atoms with Gasteiger partial charge in [-0.15, -0.1) is 0 Å². The van der Waals surface area contributed by atoms with Gasteiger partial charge in [-0.05, 0) is 65.1 Å². The Morgan fingerprint density at radius 1 is 0.838 bits per heavy atom. The van der Waals surface area contributed by atoms with Gasteiger partial charge in [0.2, 0.25) is 11.7 Å². The number of carbonyl (C=O) groups is 1. The minimum absolute atomic E-state index is 0.0565. The molecule has 0 spiro atoms. The van der Waals surface area contributed by atoms with Gasteiger partial charge in [-0.1, -0.05) is 43.3 Å². The zero-order valence-electron chi connectivity index (χ0n) is 22.3. The number of hydrogen-bond donors (Lipinski definition) is 0. The van der Waals surface area contributed by atoms with E-state index < -0.39 is 0 Å². The van der Waals surface area contributed by atoms with Crippen molar-refractivity contribution in [2.45, 2.75) is 26.8 Å². The van der Waals surface area contributed by atoms with Crippen LogP contribution in [-0.4, -0.2) is 39.2 Å². The van der Waals surface area contributed by atoms with Crippen molar-refractivity contribution in [2.75, 3.05) is 28.4 Å². The lowest BCUT2D eigenvalue weighted by Crippen LogP contribution is -2.28. The standard InChI is InChI=1S/C31H33NO5/c1-7-29(33)32(19-21-11-9-8-10-12-21)30-20(2)25(24-14-13-23(34-3)18-26(24)30)15-22-16-27(35-4)31(37-6)28(17-22)36-5/h8-18H,7,19H2,1-6H3. The van der Waals surface area contributed by atoms with Crippen LogP contribution in [-0.2, 0) is 11.3 Å². The van der Waals surface area contributed by atoms with E-state index in [9.17, 15) is 4.79 Å². The molecule has 1 aliphatic rings. The summed E-state index contributed by atoms with van der Waals surface area (Å²) in [6, 6.07) is 19.9. The van der Waals surface area contributed by atoms with E-state index in [0.717, 1.165) is 44.8 Å². The summed E-state index contributed by atoms with van der Waals surface area (Å²) in [5.74, 6) is 2.49. The van der Waals surface area contributed by atoms with Gasteiger partial charge in [-0.25, -0.2) is 0 Å². The first-order valence-electron chi connectivity index (χ1n) is 12.2. The van der Waals surface area contributed by atoms with Crippen LogP contribution >= 0.6 is 0 Å². The van der Waals surface area contributed by atoms with Crippen molar-refractivity contribution in [1.29, 1.82) is 0 Å². The van der Waals surface area contributed by atoms with Gasteiger partial charge in [0.15, 0.2) is 11.5 Å². The molecule has 4 rings (SSSR count). The Balaban J connectivity index is 1.92. The normalized spacial score (nSPS) is 13.4. The molecule has 0 saturated heterocycles. The zero-order valence-corrected chi connectivity index (χ0v) is 22.3. The van der Waals surface area contributed by atoms with E-state index in [4.69, 9.17) is 18.9 Å². The van der Waals surface area contributed by atoms with E-state index in [2.05, 4.69) is 13.0 Å². The van der Waals surface area contributed by atoms with E-state index in [1.165, 1.54) is 0 Å². The molecule has 0 fully saturated rings. The van der Waals surface area contributed by atoms with Crippen molar-refractivity contribution in [3.63, 3.8) is 0 Å². The van der Waals surface area contributed by atoms with E-state index in [1.54, 1.807) is 28.4 Å². The minimum atomic E-state index is 0.0565. The summed E-state index contributed by atoms with van der Waals surface area (Å²) in [5, 5.41) is 0. The second-order valence-electron chi connectivity index (χ2n) is 8.72. The number of benzene rings is 3. The van der Waals surface area contributed by atoms with E-state index in [0.29, 0.717) is 30.2 Å². The number of amides is 1. The summed E-state index contributed by atoms with van der Waals surface area (Å²) in [7, 11) is 6.45. The number of hydrogen-bond acceptors (Lipinski definition) is 5. The summed E-state index contributed by atoms with van der Waals surface area (Å²) in [4.78, 5) is 15.2. The molecule has 192 valence electrons. The van der Waals surface area contributed by atoms with Crippen LogP contribution in [0.15, 0.2) is 66.2 Å². The maximum atomic E-state index is 13.3. The Morgan fingerprint density at radius 3 is 2.08 bits per heavy atom. The van der Waals surface area contributed by atoms with Gasteiger partial charge in [0.1, 0.15) is 5.75 Å². The van der Waals surface area contributed by atoms with Crippen LogP contribution in [0.5, 0.6) is 23.0 Å². The monoisotopic (exact) mass is 499 g/mol.